The molecule has 0 saturated heterocycles. The second kappa shape index (κ2) is 6.49. The minimum atomic E-state index is -3.52. The van der Waals surface area contributed by atoms with Crippen molar-refractivity contribution < 1.29 is 12.6 Å². The zero-order chi connectivity index (χ0) is 14.5. The molecule has 0 aromatic heterocycles. The number of benzene rings is 1. The Kier molecular flexibility index (Phi) is 5.51. The number of sulfonamides is 1. The maximum Gasteiger partial charge on any atom is 0.240 e. The lowest BCUT2D eigenvalue weighted by Gasteiger charge is -2.09. The maximum atomic E-state index is 12.1. The molecule has 0 bridgehead atoms. The van der Waals surface area contributed by atoms with E-state index in [1.165, 1.54) is 12.5 Å². The van der Waals surface area contributed by atoms with Gasteiger partial charge in [-0.3, -0.25) is 4.21 Å². The standard InChI is InChI=1S/C12H20N2O3S2/c1-4-11-7-5-6-8-12(11)19(16,17)14-10-9-13-18(2,3)15/h5-8,14H,4,9-10H2,1-3H3. The summed E-state index contributed by atoms with van der Waals surface area (Å²) in [5.74, 6) is 0. The highest BCUT2D eigenvalue weighted by Crippen LogP contribution is 2.15. The topological polar surface area (TPSA) is 75.6 Å². The van der Waals surface area contributed by atoms with E-state index in [4.69, 9.17) is 0 Å². The predicted molar refractivity (Wildman–Crippen MR) is 78.3 cm³/mol. The van der Waals surface area contributed by atoms with Gasteiger partial charge in [-0.05, 0) is 18.1 Å². The van der Waals surface area contributed by atoms with Crippen molar-refractivity contribution in [2.75, 3.05) is 25.6 Å². The molecule has 0 aliphatic rings. The second-order valence-electron chi connectivity index (χ2n) is 4.39. The van der Waals surface area contributed by atoms with E-state index in [0.717, 1.165) is 5.56 Å². The van der Waals surface area contributed by atoms with Crippen molar-refractivity contribution in [3.8, 4) is 0 Å². The van der Waals surface area contributed by atoms with Gasteiger partial charge in [0.1, 0.15) is 0 Å². The van der Waals surface area contributed by atoms with Crippen LogP contribution in [0.4, 0.5) is 0 Å². The van der Waals surface area contributed by atoms with Crippen LogP contribution in [0.1, 0.15) is 12.5 Å². The molecule has 0 fully saturated rings. The van der Waals surface area contributed by atoms with E-state index < -0.39 is 19.8 Å². The fraction of sp³-hybridized carbons (Fsp3) is 0.500. The molecule has 7 heteroatoms. The summed E-state index contributed by atoms with van der Waals surface area (Å²) >= 11 is 0. The molecule has 0 unspecified atom stereocenters. The largest absolute Gasteiger partial charge is 0.250 e. The lowest BCUT2D eigenvalue weighted by atomic mass is 10.2. The number of nitrogens with one attached hydrogen (secondary N) is 1. The fourth-order valence-corrected chi connectivity index (χ4v) is 3.44. The Morgan fingerprint density at radius 3 is 2.37 bits per heavy atom. The van der Waals surface area contributed by atoms with Crippen molar-refractivity contribution >= 4 is 19.8 Å². The first-order valence-corrected chi connectivity index (χ1v) is 9.78. The molecule has 1 aromatic rings. The molecule has 1 aromatic carbocycles. The molecule has 0 heterocycles. The quantitative estimate of drug-likeness (QED) is 0.804. The highest BCUT2D eigenvalue weighted by Gasteiger charge is 2.16. The van der Waals surface area contributed by atoms with E-state index in [1.807, 2.05) is 13.0 Å². The molecule has 1 N–H and O–H groups in total. The molecule has 0 aliphatic carbocycles. The summed E-state index contributed by atoms with van der Waals surface area (Å²) in [6, 6.07) is 6.89. The summed E-state index contributed by atoms with van der Waals surface area (Å²) in [4.78, 5) is 0.297. The van der Waals surface area contributed by atoms with Crippen molar-refractivity contribution in [1.29, 1.82) is 0 Å². The van der Waals surface area contributed by atoms with Gasteiger partial charge in [0.15, 0.2) is 0 Å². The van der Waals surface area contributed by atoms with Gasteiger partial charge in [-0.25, -0.2) is 17.5 Å². The van der Waals surface area contributed by atoms with Crippen LogP contribution in [-0.2, 0) is 26.2 Å². The van der Waals surface area contributed by atoms with Crippen LogP contribution in [0.15, 0.2) is 33.5 Å². The molecule has 0 aliphatic heterocycles. The van der Waals surface area contributed by atoms with Crippen LogP contribution in [-0.4, -0.2) is 38.2 Å². The SMILES string of the molecule is CCc1ccccc1S(=O)(=O)NCCN=S(C)(C)=O. The molecule has 0 spiro atoms. The van der Waals surface area contributed by atoms with E-state index in [9.17, 15) is 12.6 Å². The van der Waals surface area contributed by atoms with Crippen LogP contribution >= 0.6 is 0 Å². The maximum absolute atomic E-state index is 12.1. The van der Waals surface area contributed by atoms with Crippen LogP contribution in [0, 0.1) is 0 Å². The van der Waals surface area contributed by atoms with Gasteiger partial charge in [-0.15, -0.1) is 0 Å². The Bertz CT molecular complexity index is 637. The molecule has 0 amide bonds. The highest BCUT2D eigenvalue weighted by atomic mass is 32.2. The lowest BCUT2D eigenvalue weighted by molar-refractivity contribution is 0.581. The van der Waals surface area contributed by atoms with Crippen molar-refractivity contribution in [2.24, 2.45) is 4.36 Å². The molecule has 0 radical (unpaired) electrons. The van der Waals surface area contributed by atoms with E-state index in [0.29, 0.717) is 11.3 Å². The minimum Gasteiger partial charge on any atom is -0.250 e. The average Bonchev–Trinajstić information content (AvgIpc) is 2.33. The molecule has 0 saturated carbocycles. The number of hydrogen-bond donors (Lipinski definition) is 1. The van der Waals surface area contributed by atoms with Crippen LogP contribution in [0.2, 0.25) is 0 Å². The summed E-state index contributed by atoms with van der Waals surface area (Å²) in [6.45, 7) is 2.27. The summed E-state index contributed by atoms with van der Waals surface area (Å²) in [7, 11) is -5.70. The molecule has 1 rings (SSSR count). The number of nitrogens with zero attached hydrogens (tertiary/aromatic N) is 1. The number of hydrogen-bond acceptors (Lipinski definition) is 4. The highest BCUT2D eigenvalue weighted by molar-refractivity contribution is 7.92. The molecule has 19 heavy (non-hydrogen) atoms. The van der Waals surface area contributed by atoms with Gasteiger partial charge >= 0.3 is 0 Å². The third kappa shape index (κ3) is 5.30. The van der Waals surface area contributed by atoms with Crippen LogP contribution in [0.3, 0.4) is 0 Å². The summed E-state index contributed by atoms with van der Waals surface area (Å²) in [6.07, 6.45) is 3.70. The van der Waals surface area contributed by atoms with Gasteiger partial charge < -0.3 is 0 Å². The van der Waals surface area contributed by atoms with Crippen molar-refractivity contribution in [2.45, 2.75) is 18.2 Å². The lowest BCUT2D eigenvalue weighted by Crippen LogP contribution is -2.27. The van der Waals surface area contributed by atoms with E-state index in [1.54, 1.807) is 18.2 Å². The predicted octanol–water partition coefficient (Wildman–Crippen LogP) is 1.25. The Labute approximate surface area is 115 Å². The summed E-state index contributed by atoms with van der Waals surface area (Å²) in [5, 5.41) is 0. The van der Waals surface area contributed by atoms with Gasteiger partial charge in [0.05, 0.1) is 11.4 Å². The Morgan fingerprint density at radius 1 is 1.16 bits per heavy atom. The van der Waals surface area contributed by atoms with Crippen LogP contribution in [0.5, 0.6) is 0 Å². The van der Waals surface area contributed by atoms with Crippen molar-refractivity contribution in [3.05, 3.63) is 29.8 Å². The summed E-state index contributed by atoms with van der Waals surface area (Å²) < 4.78 is 41.9. The average molecular weight is 304 g/mol. The van der Waals surface area contributed by atoms with Gasteiger partial charge in [0.25, 0.3) is 0 Å². The molecule has 108 valence electrons. The van der Waals surface area contributed by atoms with E-state index >= 15 is 0 Å². The fourth-order valence-electron chi connectivity index (χ4n) is 1.58. The Balaban J connectivity index is 2.80. The second-order valence-corrected chi connectivity index (χ2v) is 8.75. The Hall–Kier alpha value is -0.920. The van der Waals surface area contributed by atoms with Crippen molar-refractivity contribution in [1.82, 2.24) is 4.72 Å². The zero-order valence-electron chi connectivity index (χ0n) is 11.4. The third-order valence-corrected chi connectivity index (χ3v) is 4.81. The molecular formula is C12H20N2O3S2. The summed E-state index contributed by atoms with van der Waals surface area (Å²) in [5.41, 5.74) is 0.779. The van der Waals surface area contributed by atoms with Gasteiger partial charge in [0, 0.05) is 28.8 Å². The van der Waals surface area contributed by atoms with E-state index in [-0.39, 0.29) is 13.1 Å². The number of rotatable bonds is 6. The first-order valence-electron chi connectivity index (χ1n) is 5.97. The smallest absolute Gasteiger partial charge is 0.240 e. The monoisotopic (exact) mass is 304 g/mol. The van der Waals surface area contributed by atoms with E-state index in [2.05, 4.69) is 9.08 Å². The Morgan fingerprint density at radius 2 is 1.79 bits per heavy atom. The van der Waals surface area contributed by atoms with Crippen molar-refractivity contribution in [3.63, 3.8) is 0 Å². The van der Waals surface area contributed by atoms with Gasteiger partial charge in [-0.1, -0.05) is 25.1 Å². The zero-order valence-corrected chi connectivity index (χ0v) is 13.1. The van der Waals surface area contributed by atoms with Gasteiger partial charge in [-0.2, -0.15) is 0 Å². The number of aryl methyl sites for hydroxylation is 1. The van der Waals surface area contributed by atoms with Crippen LogP contribution < -0.4 is 4.72 Å². The molecular weight excluding hydrogens is 284 g/mol. The third-order valence-electron chi connectivity index (χ3n) is 2.45. The first-order chi connectivity index (χ1) is 8.76. The minimum absolute atomic E-state index is 0.152. The van der Waals surface area contributed by atoms with Gasteiger partial charge in [0.2, 0.25) is 10.0 Å². The molecule has 0 atom stereocenters. The molecule has 5 nitrogen and oxygen atoms in total. The first kappa shape index (κ1) is 16.1. The van der Waals surface area contributed by atoms with Crippen LogP contribution in [0.25, 0.3) is 0 Å². The normalized spacial score (nSPS) is 12.4.